The molecular weight excluding hydrogens is 519 g/mol. The van der Waals surface area contributed by atoms with Crippen LogP contribution in [0.15, 0.2) is 48.5 Å². The first-order valence-corrected chi connectivity index (χ1v) is 11.0. The van der Waals surface area contributed by atoms with E-state index in [1.807, 2.05) is 13.8 Å². The molecule has 25 heavy (non-hydrogen) atoms. The fourth-order valence-electron chi connectivity index (χ4n) is 2.04. The van der Waals surface area contributed by atoms with Crippen molar-refractivity contribution in [3.63, 3.8) is 0 Å². The number of hydrogen-bond acceptors (Lipinski definition) is 6. The zero-order valence-electron chi connectivity index (χ0n) is 14.0. The number of hydrogen-bond donors (Lipinski definition) is 0. The first-order valence-electron chi connectivity index (χ1n) is 7.78. The third kappa shape index (κ3) is 5.45. The minimum atomic E-state index is -2.38. The van der Waals surface area contributed by atoms with E-state index < -0.39 is 37.1 Å². The number of carbonyl (C=O) groups is 2. The van der Waals surface area contributed by atoms with Gasteiger partial charge >= 0.3 is 160 Å². The Morgan fingerprint density at radius 2 is 1.16 bits per heavy atom. The van der Waals surface area contributed by atoms with Crippen LogP contribution in [0.3, 0.4) is 0 Å². The molecule has 0 aromatic heterocycles. The summed E-state index contributed by atoms with van der Waals surface area (Å²) in [6.45, 7) is 4.54. The van der Waals surface area contributed by atoms with E-state index in [9.17, 15) is 9.59 Å². The van der Waals surface area contributed by atoms with Gasteiger partial charge < -0.3 is 0 Å². The monoisotopic (exact) mass is 538 g/mol. The molecule has 0 spiro atoms. The van der Waals surface area contributed by atoms with Crippen LogP contribution in [0.5, 0.6) is 11.5 Å². The van der Waals surface area contributed by atoms with Crippen molar-refractivity contribution in [1.82, 2.24) is 0 Å². The van der Waals surface area contributed by atoms with Crippen molar-refractivity contribution >= 4 is 37.1 Å². The molecule has 2 aromatic carbocycles. The van der Waals surface area contributed by atoms with Crippen molar-refractivity contribution in [3.8, 4) is 11.5 Å². The third-order valence-corrected chi connectivity index (χ3v) is 5.17. The Kier molecular flexibility index (Phi) is 7.71. The van der Waals surface area contributed by atoms with Crippen LogP contribution < -0.4 is 9.47 Å². The van der Waals surface area contributed by atoms with Crippen LogP contribution in [0.4, 0.5) is 0 Å². The molecule has 2 aromatic rings. The second-order valence-electron chi connectivity index (χ2n) is 4.72. The normalized spacial score (nSPS) is 10.0. The standard InChI is InChI=1S/2C9H10O3.Pb/c2*1-2-12-8-6-4-3-5-7(8)9(10)11;/h2*3-6H,2H2,1H3,(H,10,11);/q;;+2/p-2. The van der Waals surface area contributed by atoms with Gasteiger partial charge in [-0.05, 0) is 0 Å². The molecule has 0 amide bonds. The first kappa shape index (κ1) is 19.2. The Morgan fingerprint density at radius 3 is 1.56 bits per heavy atom. The van der Waals surface area contributed by atoms with Gasteiger partial charge in [-0.15, -0.1) is 0 Å². The average Bonchev–Trinajstić information content (AvgIpc) is 2.63. The number of carbonyl (C=O) groups excluding carboxylic acids is 2. The van der Waals surface area contributed by atoms with Gasteiger partial charge in [-0.25, -0.2) is 0 Å². The van der Waals surface area contributed by atoms with Gasteiger partial charge in [0, 0.05) is 0 Å². The minimum absolute atomic E-state index is 0.322. The molecule has 0 N–H and O–H groups in total. The summed E-state index contributed by atoms with van der Waals surface area (Å²) < 4.78 is 21.2. The molecule has 0 saturated carbocycles. The van der Waals surface area contributed by atoms with Crippen molar-refractivity contribution in [2.45, 2.75) is 13.8 Å². The van der Waals surface area contributed by atoms with Crippen molar-refractivity contribution < 1.29 is 24.4 Å². The zero-order valence-corrected chi connectivity index (χ0v) is 17.9. The first-order chi connectivity index (χ1) is 12.2. The summed E-state index contributed by atoms with van der Waals surface area (Å²) in [5, 5.41) is 0. The van der Waals surface area contributed by atoms with E-state index in [4.69, 9.17) is 14.8 Å². The summed E-state index contributed by atoms with van der Waals surface area (Å²) in [7, 11) is 0. The fraction of sp³-hybridized carbons (Fsp3) is 0.222. The van der Waals surface area contributed by atoms with Crippen molar-refractivity contribution in [3.05, 3.63) is 59.7 Å². The number of rotatable bonds is 8. The Bertz CT molecular complexity index is 670. The molecule has 6 nitrogen and oxygen atoms in total. The van der Waals surface area contributed by atoms with Gasteiger partial charge in [-0.2, -0.15) is 0 Å². The number of para-hydroxylation sites is 2. The molecular formula is C18H18O6Pb. The van der Waals surface area contributed by atoms with Gasteiger partial charge in [0.1, 0.15) is 0 Å². The molecule has 0 aliphatic rings. The molecule has 130 valence electrons. The van der Waals surface area contributed by atoms with Crippen LogP contribution in [0, 0.1) is 0 Å². The van der Waals surface area contributed by atoms with E-state index in [2.05, 4.69) is 0 Å². The average molecular weight is 538 g/mol. The van der Waals surface area contributed by atoms with Crippen molar-refractivity contribution in [2.24, 2.45) is 0 Å². The van der Waals surface area contributed by atoms with Gasteiger partial charge in [0.25, 0.3) is 0 Å². The predicted octanol–water partition coefficient (Wildman–Crippen LogP) is 3.03. The Hall–Kier alpha value is -2.10. The van der Waals surface area contributed by atoms with Crippen molar-refractivity contribution in [2.75, 3.05) is 13.2 Å². The van der Waals surface area contributed by atoms with E-state index in [0.717, 1.165) is 0 Å². The fourth-order valence-corrected chi connectivity index (χ4v) is 3.65. The Morgan fingerprint density at radius 1 is 0.760 bits per heavy atom. The maximum atomic E-state index is 12.2. The predicted molar refractivity (Wildman–Crippen MR) is 91.8 cm³/mol. The number of benzene rings is 2. The van der Waals surface area contributed by atoms with Crippen LogP contribution in [0.1, 0.15) is 34.6 Å². The second-order valence-corrected chi connectivity index (χ2v) is 6.96. The molecule has 0 atom stereocenters. The molecule has 0 aliphatic heterocycles. The van der Waals surface area contributed by atoms with Gasteiger partial charge in [0.15, 0.2) is 0 Å². The second kappa shape index (κ2) is 10.0. The molecule has 0 bridgehead atoms. The Labute approximate surface area is 159 Å². The molecule has 0 fully saturated rings. The summed E-state index contributed by atoms with van der Waals surface area (Å²) in [5.41, 5.74) is 0.644. The third-order valence-electron chi connectivity index (χ3n) is 3.08. The van der Waals surface area contributed by atoms with Crippen molar-refractivity contribution in [1.29, 1.82) is 0 Å². The van der Waals surface area contributed by atoms with E-state index in [0.29, 0.717) is 35.8 Å². The van der Waals surface area contributed by atoms with E-state index in [1.54, 1.807) is 48.5 Å². The SMILES string of the molecule is CCOc1ccccc1C(=O)[O][Pb][O]C(=O)c1ccccc1OCC. The molecule has 0 unspecified atom stereocenters. The van der Waals surface area contributed by atoms with Crippen LogP contribution in [0.25, 0.3) is 0 Å². The quantitative estimate of drug-likeness (QED) is 0.483. The van der Waals surface area contributed by atoms with Gasteiger partial charge in [-0.1, -0.05) is 0 Å². The molecule has 2 rings (SSSR count). The molecule has 0 aliphatic carbocycles. The van der Waals surface area contributed by atoms with Gasteiger partial charge in [0.2, 0.25) is 0 Å². The topological polar surface area (TPSA) is 71.1 Å². The summed E-state index contributed by atoms with van der Waals surface area (Å²) in [6, 6.07) is 13.6. The summed E-state index contributed by atoms with van der Waals surface area (Å²) in [5.74, 6) is -0.185. The van der Waals surface area contributed by atoms with Crippen LogP contribution in [-0.2, 0) is 5.37 Å². The van der Waals surface area contributed by atoms with Gasteiger partial charge in [-0.3, -0.25) is 0 Å². The van der Waals surface area contributed by atoms with Crippen LogP contribution >= 0.6 is 0 Å². The zero-order chi connectivity index (χ0) is 18.1. The summed E-state index contributed by atoms with van der Waals surface area (Å²) >= 11 is -2.38. The summed E-state index contributed by atoms with van der Waals surface area (Å²) in [6.07, 6.45) is 0. The van der Waals surface area contributed by atoms with E-state index in [-0.39, 0.29) is 0 Å². The molecule has 7 heteroatoms. The van der Waals surface area contributed by atoms with E-state index in [1.165, 1.54) is 0 Å². The number of ether oxygens (including phenoxy) is 2. The Balaban J connectivity index is 1.94. The maximum absolute atomic E-state index is 12.2. The van der Waals surface area contributed by atoms with Crippen LogP contribution in [-0.4, -0.2) is 50.3 Å². The molecule has 2 radical (unpaired) electrons. The summed E-state index contributed by atoms with van der Waals surface area (Å²) in [4.78, 5) is 24.3. The van der Waals surface area contributed by atoms with Gasteiger partial charge in [0.05, 0.1) is 0 Å². The molecule has 0 heterocycles. The molecule has 0 saturated heterocycles. The van der Waals surface area contributed by atoms with E-state index >= 15 is 0 Å². The van der Waals surface area contributed by atoms with Crippen LogP contribution in [0.2, 0.25) is 0 Å².